The Hall–Kier alpha value is -0.640. The average Bonchev–Trinajstić information content (AvgIpc) is 2.52. The van der Waals surface area contributed by atoms with Gasteiger partial charge in [-0.05, 0) is 49.0 Å². The molecule has 4 heteroatoms. The number of benzene rings is 1. The molecule has 0 bridgehead atoms. The summed E-state index contributed by atoms with van der Waals surface area (Å²) in [4.78, 5) is 2.40. The van der Waals surface area contributed by atoms with Crippen molar-refractivity contribution in [3.8, 4) is 0 Å². The summed E-state index contributed by atoms with van der Waals surface area (Å²) in [5.41, 5.74) is 7.38. The molecule has 2 rings (SSSR count). The molecular weight excluding hydrogens is 287 g/mol. The Kier molecular flexibility index (Phi) is 5.64. The zero-order valence-corrected chi connectivity index (χ0v) is 13.8. The van der Waals surface area contributed by atoms with Gasteiger partial charge in [0, 0.05) is 12.6 Å². The lowest BCUT2D eigenvalue weighted by Gasteiger charge is -2.44. The largest absolute Gasteiger partial charge is 0.329 e. The van der Waals surface area contributed by atoms with E-state index in [0.29, 0.717) is 12.0 Å². The molecule has 1 saturated heterocycles. The quantitative estimate of drug-likeness (QED) is 0.874. The normalized spacial score (nSPS) is 20.4. The molecule has 2 nitrogen and oxygen atoms in total. The smallest absolute Gasteiger partial charge is 0.142 e. The van der Waals surface area contributed by atoms with Crippen molar-refractivity contribution in [2.75, 3.05) is 19.6 Å². The number of halogens is 2. The molecule has 1 aromatic rings. The van der Waals surface area contributed by atoms with E-state index in [9.17, 15) is 4.39 Å². The fourth-order valence-electron chi connectivity index (χ4n) is 3.48. The minimum absolute atomic E-state index is 0.0866. The molecule has 0 radical (unpaired) electrons. The van der Waals surface area contributed by atoms with Crippen molar-refractivity contribution < 1.29 is 4.39 Å². The van der Waals surface area contributed by atoms with Gasteiger partial charge in [-0.3, -0.25) is 4.90 Å². The standard InChI is InChI=1S/C17H26ClFN2/c1-3-17(4-2)7-9-21(10-8-17)16(12-20)13-5-6-14(18)15(19)11-13/h5-6,11,16H,3-4,7-10,12,20H2,1-2H3. The van der Waals surface area contributed by atoms with Crippen LogP contribution in [0.5, 0.6) is 0 Å². The van der Waals surface area contributed by atoms with Gasteiger partial charge in [-0.2, -0.15) is 0 Å². The molecule has 1 aliphatic rings. The van der Waals surface area contributed by atoms with Crippen molar-refractivity contribution in [3.63, 3.8) is 0 Å². The summed E-state index contributed by atoms with van der Waals surface area (Å²) in [6.45, 7) is 7.15. The number of hydrogen-bond donors (Lipinski definition) is 1. The first-order valence-corrected chi connectivity index (χ1v) is 8.32. The second-order valence-electron chi connectivity index (χ2n) is 6.17. The molecule has 1 unspecified atom stereocenters. The van der Waals surface area contributed by atoms with Gasteiger partial charge in [0.15, 0.2) is 0 Å². The third-order valence-corrected chi connectivity index (χ3v) is 5.66. The summed E-state index contributed by atoms with van der Waals surface area (Å²) in [7, 11) is 0. The maximum atomic E-state index is 13.7. The van der Waals surface area contributed by atoms with Crippen LogP contribution in [0, 0.1) is 11.2 Å². The molecule has 1 aromatic carbocycles. The molecule has 21 heavy (non-hydrogen) atoms. The van der Waals surface area contributed by atoms with Crippen LogP contribution in [-0.4, -0.2) is 24.5 Å². The van der Waals surface area contributed by atoms with Gasteiger partial charge in [-0.1, -0.05) is 44.4 Å². The highest BCUT2D eigenvalue weighted by molar-refractivity contribution is 6.30. The SMILES string of the molecule is CCC1(CC)CCN(C(CN)c2ccc(Cl)c(F)c2)CC1. The van der Waals surface area contributed by atoms with E-state index < -0.39 is 0 Å². The van der Waals surface area contributed by atoms with E-state index in [0.717, 1.165) is 18.7 Å². The highest BCUT2D eigenvalue weighted by Crippen LogP contribution is 2.40. The summed E-state index contributed by atoms with van der Waals surface area (Å²) in [5.74, 6) is -0.360. The van der Waals surface area contributed by atoms with E-state index >= 15 is 0 Å². The van der Waals surface area contributed by atoms with Gasteiger partial charge in [0.1, 0.15) is 5.82 Å². The van der Waals surface area contributed by atoms with Crippen molar-refractivity contribution in [2.24, 2.45) is 11.1 Å². The fourth-order valence-corrected chi connectivity index (χ4v) is 3.60. The molecule has 0 aliphatic carbocycles. The lowest BCUT2D eigenvalue weighted by molar-refractivity contribution is 0.0679. The van der Waals surface area contributed by atoms with Crippen LogP contribution < -0.4 is 5.73 Å². The number of nitrogens with two attached hydrogens (primary N) is 1. The predicted octanol–water partition coefficient (Wildman–Crippen LogP) is 4.38. The average molecular weight is 313 g/mol. The van der Waals surface area contributed by atoms with Crippen LogP contribution in [0.25, 0.3) is 0 Å². The molecule has 118 valence electrons. The van der Waals surface area contributed by atoms with Crippen molar-refractivity contribution in [2.45, 2.75) is 45.6 Å². The van der Waals surface area contributed by atoms with Crippen LogP contribution >= 0.6 is 11.6 Å². The van der Waals surface area contributed by atoms with Crippen LogP contribution in [0.15, 0.2) is 18.2 Å². The third-order valence-electron chi connectivity index (χ3n) is 5.35. The van der Waals surface area contributed by atoms with E-state index in [4.69, 9.17) is 17.3 Å². The first-order valence-electron chi connectivity index (χ1n) is 7.94. The fraction of sp³-hybridized carbons (Fsp3) is 0.647. The van der Waals surface area contributed by atoms with Crippen molar-refractivity contribution in [1.29, 1.82) is 0 Å². The van der Waals surface area contributed by atoms with E-state index in [1.807, 2.05) is 6.07 Å². The van der Waals surface area contributed by atoms with Crippen molar-refractivity contribution in [3.05, 3.63) is 34.6 Å². The minimum atomic E-state index is -0.360. The van der Waals surface area contributed by atoms with E-state index in [-0.39, 0.29) is 16.9 Å². The van der Waals surface area contributed by atoms with Gasteiger partial charge in [0.05, 0.1) is 5.02 Å². The lowest BCUT2D eigenvalue weighted by Crippen LogP contribution is -2.43. The summed E-state index contributed by atoms with van der Waals surface area (Å²) in [6, 6.07) is 5.14. The minimum Gasteiger partial charge on any atom is -0.329 e. The Morgan fingerprint density at radius 1 is 1.29 bits per heavy atom. The van der Waals surface area contributed by atoms with Crippen molar-refractivity contribution >= 4 is 11.6 Å². The second kappa shape index (κ2) is 7.08. The Labute approximate surface area is 132 Å². The van der Waals surface area contributed by atoms with E-state index in [1.165, 1.54) is 31.7 Å². The summed E-state index contributed by atoms with van der Waals surface area (Å²) >= 11 is 5.77. The number of nitrogens with zero attached hydrogens (tertiary/aromatic N) is 1. The van der Waals surface area contributed by atoms with Crippen LogP contribution in [0.3, 0.4) is 0 Å². The van der Waals surface area contributed by atoms with Crippen molar-refractivity contribution in [1.82, 2.24) is 4.90 Å². The topological polar surface area (TPSA) is 29.3 Å². The van der Waals surface area contributed by atoms with Crippen LogP contribution in [0.1, 0.15) is 51.1 Å². The molecule has 1 fully saturated rings. The maximum absolute atomic E-state index is 13.7. The molecule has 2 N–H and O–H groups in total. The second-order valence-corrected chi connectivity index (χ2v) is 6.58. The lowest BCUT2D eigenvalue weighted by atomic mass is 9.74. The monoisotopic (exact) mass is 312 g/mol. The van der Waals surface area contributed by atoms with Crippen LogP contribution in [0.4, 0.5) is 4.39 Å². The Morgan fingerprint density at radius 3 is 2.38 bits per heavy atom. The van der Waals surface area contributed by atoms with Gasteiger partial charge in [0.25, 0.3) is 0 Å². The first kappa shape index (κ1) is 16.7. The summed E-state index contributed by atoms with van der Waals surface area (Å²) in [5, 5.41) is 0.171. The summed E-state index contributed by atoms with van der Waals surface area (Å²) < 4.78 is 13.7. The molecule has 1 aliphatic heterocycles. The number of piperidine rings is 1. The van der Waals surface area contributed by atoms with Gasteiger partial charge < -0.3 is 5.73 Å². The molecule has 1 heterocycles. The van der Waals surface area contributed by atoms with E-state index in [2.05, 4.69) is 18.7 Å². The van der Waals surface area contributed by atoms with Crippen LogP contribution in [-0.2, 0) is 0 Å². The zero-order valence-electron chi connectivity index (χ0n) is 13.0. The van der Waals surface area contributed by atoms with Gasteiger partial charge in [-0.15, -0.1) is 0 Å². The Balaban J connectivity index is 2.11. The summed E-state index contributed by atoms with van der Waals surface area (Å²) in [6.07, 6.45) is 4.87. The first-order chi connectivity index (χ1) is 10.0. The highest BCUT2D eigenvalue weighted by Gasteiger charge is 2.33. The highest BCUT2D eigenvalue weighted by atomic mass is 35.5. The third kappa shape index (κ3) is 3.58. The number of hydrogen-bond acceptors (Lipinski definition) is 2. The maximum Gasteiger partial charge on any atom is 0.142 e. The van der Waals surface area contributed by atoms with Gasteiger partial charge in [-0.25, -0.2) is 4.39 Å². The molecule has 0 saturated carbocycles. The predicted molar refractivity (Wildman–Crippen MR) is 87.0 cm³/mol. The van der Waals surface area contributed by atoms with Gasteiger partial charge in [0.2, 0.25) is 0 Å². The molecule has 1 atom stereocenters. The molecular formula is C17H26ClFN2. The Bertz CT molecular complexity index is 464. The number of likely N-dealkylation sites (tertiary alicyclic amines) is 1. The number of rotatable bonds is 5. The van der Waals surface area contributed by atoms with E-state index in [1.54, 1.807) is 6.07 Å². The molecule has 0 amide bonds. The Morgan fingerprint density at radius 2 is 1.90 bits per heavy atom. The molecule has 0 aromatic heterocycles. The zero-order chi connectivity index (χ0) is 15.5. The van der Waals surface area contributed by atoms with Crippen LogP contribution in [0.2, 0.25) is 5.02 Å². The van der Waals surface area contributed by atoms with Gasteiger partial charge >= 0.3 is 0 Å². The molecule has 0 spiro atoms.